The highest BCUT2D eigenvalue weighted by molar-refractivity contribution is 5.84. The number of aromatic hydroxyl groups is 1. The lowest BCUT2D eigenvalue weighted by Gasteiger charge is -2.18. The highest BCUT2D eigenvalue weighted by Gasteiger charge is 2.19. The zero-order chi connectivity index (χ0) is 23.3. The monoisotopic (exact) mass is 439 g/mol. The van der Waals surface area contributed by atoms with Gasteiger partial charge in [-0.3, -0.25) is 4.79 Å². The van der Waals surface area contributed by atoms with Crippen LogP contribution in [0.4, 0.5) is 4.79 Å². The van der Waals surface area contributed by atoms with Crippen molar-refractivity contribution in [1.82, 2.24) is 10.7 Å². The molecule has 0 bridgehead atoms. The fourth-order valence-electron chi connectivity index (χ4n) is 3.00. The first-order valence-corrected chi connectivity index (χ1v) is 10.4. The number of amides is 2. The quantitative estimate of drug-likeness (QED) is 0.280. The molecule has 0 aliphatic heterocycles. The van der Waals surface area contributed by atoms with Crippen LogP contribution in [0.2, 0.25) is 0 Å². The average Bonchev–Trinajstić information content (AvgIpc) is 2.77. The molecule has 0 heterocycles. The number of hydrazone groups is 1. The van der Waals surface area contributed by atoms with Crippen molar-refractivity contribution in [2.24, 2.45) is 5.10 Å². The molecule has 0 spiro atoms. The average molecular weight is 440 g/mol. The Balaban J connectivity index is 2.09. The molecule has 0 unspecified atom stereocenters. The minimum absolute atomic E-state index is 0.0261. The van der Waals surface area contributed by atoms with Gasteiger partial charge in [-0.25, -0.2) is 10.2 Å². The van der Waals surface area contributed by atoms with Crippen LogP contribution in [-0.4, -0.2) is 36.5 Å². The van der Waals surface area contributed by atoms with E-state index in [-0.39, 0.29) is 24.7 Å². The standard InChI is InChI=1S/C24H29N3O5/c1-4-10-19-13-17(14-21(23(19)29)31-5-2)16-25-27-22(28)15-20(26-24(30)32-6-3)18-11-8-7-9-12-18/h4,7-9,11-14,16,20,29H,1,5-6,10,15H2,2-3H3,(H,26,30)(H,27,28)/b25-16-/t20-/m0/s1. The molecule has 1 atom stereocenters. The maximum Gasteiger partial charge on any atom is 0.407 e. The van der Waals surface area contributed by atoms with Crippen molar-refractivity contribution in [3.63, 3.8) is 0 Å². The SMILES string of the molecule is C=CCc1cc(/C=N\NC(=O)C[C@H](NC(=O)OCC)c2ccccc2)cc(OCC)c1O. The molecule has 0 aliphatic rings. The second kappa shape index (κ2) is 12.8. The van der Waals surface area contributed by atoms with Crippen molar-refractivity contribution < 1.29 is 24.2 Å². The third kappa shape index (κ3) is 7.46. The van der Waals surface area contributed by atoms with Crippen LogP contribution in [0.3, 0.4) is 0 Å². The van der Waals surface area contributed by atoms with E-state index in [1.54, 1.807) is 25.1 Å². The van der Waals surface area contributed by atoms with Crippen molar-refractivity contribution >= 4 is 18.2 Å². The topological polar surface area (TPSA) is 109 Å². The van der Waals surface area contributed by atoms with Gasteiger partial charge in [-0.1, -0.05) is 36.4 Å². The zero-order valence-corrected chi connectivity index (χ0v) is 18.3. The summed E-state index contributed by atoms with van der Waals surface area (Å²) in [6, 6.07) is 12.0. The first-order chi connectivity index (χ1) is 15.5. The van der Waals surface area contributed by atoms with Gasteiger partial charge in [-0.05, 0) is 43.5 Å². The van der Waals surface area contributed by atoms with Gasteiger partial charge in [-0.2, -0.15) is 5.10 Å². The Hall–Kier alpha value is -3.81. The Morgan fingerprint density at radius 2 is 1.94 bits per heavy atom. The van der Waals surface area contributed by atoms with Gasteiger partial charge in [0, 0.05) is 5.56 Å². The fraction of sp³-hybridized carbons (Fsp3) is 0.292. The molecule has 2 amide bonds. The predicted octanol–water partition coefficient (Wildman–Crippen LogP) is 3.85. The highest BCUT2D eigenvalue weighted by Crippen LogP contribution is 2.32. The van der Waals surface area contributed by atoms with E-state index < -0.39 is 12.1 Å². The Morgan fingerprint density at radius 3 is 2.59 bits per heavy atom. The van der Waals surface area contributed by atoms with Crippen molar-refractivity contribution in [3.05, 3.63) is 71.8 Å². The number of alkyl carbamates (subject to hydrolysis) is 1. The van der Waals surface area contributed by atoms with Crippen molar-refractivity contribution in [1.29, 1.82) is 0 Å². The number of phenols is 1. The van der Waals surface area contributed by atoms with E-state index in [9.17, 15) is 14.7 Å². The molecule has 3 N–H and O–H groups in total. The number of allylic oxidation sites excluding steroid dienone is 1. The Labute approximate surface area is 187 Å². The third-order valence-corrected chi connectivity index (χ3v) is 4.40. The number of ether oxygens (including phenoxy) is 2. The number of carbonyl (C=O) groups excluding carboxylic acids is 2. The molecule has 0 radical (unpaired) electrons. The van der Waals surface area contributed by atoms with E-state index in [0.29, 0.717) is 29.9 Å². The molecule has 2 rings (SSSR count). The van der Waals surface area contributed by atoms with Gasteiger partial charge in [0.1, 0.15) is 0 Å². The summed E-state index contributed by atoms with van der Waals surface area (Å²) >= 11 is 0. The normalized spacial score (nSPS) is 11.6. The van der Waals surface area contributed by atoms with Crippen LogP contribution in [0.25, 0.3) is 0 Å². The Morgan fingerprint density at radius 1 is 1.19 bits per heavy atom. The van der Waals surface area contributed by atoms with E-state index in [0.717, 1.165) is 5.56 Å². The molecule has 8 heteroatoms. The fourth-order valence-corrected chi connectivity index (χ4v) is 3.00. The highest BCUT2D eigenvalue weighted by atomic mass is 16.5. The summed E-state index contributed by atoms with van der Waals surface area (Å²) in [7, 11) is 0. The molecule has 0 fully saturated rings. The van der Waals surface area contributed by atoms with Crippen molar-refractivity contribution in [2.75, 3.05) is 13.2 Å². The molecular formula is C24H29N3O5. The van der Waals surface area contributed by atoms with Gasteiger partial charge in [0.25, 0.3) is 0 Å². The Bertz CT molecular complexity index is 944. The maximum absolute atomic E-state index is 12.5. The van der Waals surface area contributed by atoms with Crippen LogP contribution in [0, 0.1) is 0 Å². The lowest BCUT2D eigenvalue weighted by molar-refractivity contribution is -0.121. The van der Waals surface area contributed by atoms with Gasteiger partial charge in [0.2, 0.25) is 5.91 Å². The van der Waals surface area contributed by atoms with Gasteiger partial charge in [0.05, 0.1) is 31.9 Å². The molecule has 0 saturated heterocycles. The second-order valence-electron chi connectivity index (χ2n) is 6.78. The second-order valence-corrected chi connectivity index (χ2v) is 6.78. The smallest absolute Gasteiger partial charge is 0.407 e. The van der Waals surface area contributed by atoms with Gasteiger partial charge in [0.15, 0.2) is 11.5 Å². The van der Waals surface area contributed by atoms with Crippen LogP contribution in [0.5, 0.6) is 11.5 Å². The van der Waals surface area contributed by atoms with E-state index in [2.05, 4.69) is 22.4 Å². The summed E-state index contributed by atoms with van der Waals surface area (Å²) in [5.74, 6) is 0.00751. The predicted molar refractivity (Wildman–Crippen MR) is 123 cm³/mol. The van der Waals surface area contributed by atoms with E-state index in [1.165, 1.54) is 6.21 Å². The number of hydrogen-bond donors (Lipinski definition) is 3. The van der Waals surface area contributed by atoms with E-state index in [1.807, 2.05) is 37.3 Å². The molecule has 2 aromatic carbocycles. The van der Waals surface area contributed by atoms with Crippen LogP contribution in [0.1, 0.15) is 43.0 Å². The minimum atomic E-state index is -0.597. The first kappa shape index (κ1) is 24.5. The lowest BCUT2D eigenvalue weighted by atomic mass is 10.0. The molecule has 0 aromatic heterocycles. The number of rotatable bonds is 11. The number of hydrogen-bond acceptors (Lipinski definition) is 6. The largest absolute Gasteiger partial charge is 0.504 e. The van der Waals surface area contributed by atoms with Crippen LogP contribution < -0.4 is 15.5 Å². The van der Waals surface area contributed by atoms with Gasteiger partial charge in [-0.15, -0.1) is 6.58 Å². The number of nitrogens with zero attached hydrogens (tertiary/aromatic N) is 1. The number of nitrogens with one attached hydrogen (secondary N) is 2. The summed E-state index contributed by atoms with van der Waals surface area (Å²) < 4.78 is 10.4. The molecule has 8 nitrogen and oxygen atoms in total. The third-order valence-electron chi connectivity index (χ3n) is 4.40. The number of phenolic OH excluding ortho intramolecular Hbond substituents is 1. The van der Waals surface area contributed by atoms with Crippen LogP contribution >= 0.6 is 0 Å². The van der Waals surface area contributed by atoms with E-state index in [4.69, 9.17) is 9.47 Å². The van der Waals surface area contributed by atoms with Crippen LogP contribution in [0.15, 0.2) is 60.2 Å². The maximum atomic E-state index is 12.5. The van der Waals surface area contributed by atoms with Gasteiger partial charge < -0.3 is 19.9 Å². The van der Waals surface area contributed by atoms with E-state index >= 15 is 0 Å². The molecule has 0 saturated carbocycles. The summed E-state index contributed by atoms with van der Waals surface area (Å²) in [6.07, 6.45) is 2.97. The van der Waals surface area contributed by atoms with Crippen molar-refractivity contribution in [3.8, 4) is 11.5 Å². The Kier molecular flexibility index (Phi) is 9.77. The van der Waals surface area contributed by atoms with Crippen molar-refractivity contribution in [2.45, 2.75) is 32.7 Å². The zero-order valence-electron chi connectivity index (χ0n) is 18.3. The summed E-state index contributed by atoms with van der Waals surface area (Å²) in [4.78, 5) is 24.3. The first-order valence-electron chi connectivity index (χ1n) is 10.4. The summed E-state index contributed by atoms with van der Waals surface area (Å²) in [5, 5.41) is 17.0. The molecule has 0 aliphatic carbocycles. The minimum Gasteiger partial charge on any atom is -0.504 e. The lowest BCUT2D eigenvalue weighted by Crippen LogP contribution is -2.33. The molecule has 170 valence electrons. The molecular weight excluding hydrogens is 410 g/mol. The molecule has 2 aromatic rings. The van der Waals surface area contributed by atoms with Gasteiger partial charge >= 0.3 is 6.09 Å². The van der Waals surface area contributed by atoms with Crippen LogP contribution in [-0.2, 0) is 16.0 Å². The number of carbonyl (C=O) groups is 2. The number of benzene rings is 2. The summed E-state index contributed by atoms with van der Waals surface area (Å²) in [5.41, 5.74) is 4.53. The molecule has 32 heavy (non-hydrogen) atoms. The summed E-state index contributed by atoms with van der Waals surface area (Å²) in [6.45, 7) is 7.84.